The van der Waals surface area contributed by atoms with Crippen molar-refractivity contribution in [3.8, 4) is 0 Å². The Morgan fingerprint density at radius 2 is 1.23 bits per heavy atom. The molecule has 13 heavy (non-hydrogen) atoms. The molecule has 0 fully saturated rings. The normalized spacial score (nSPS) is 7.85. The van der Waals surface area contributed by atoms with Crippen LogP contribution in [0.5, 0.6) is 0 Å². The molecule has 0 spiro atoms. The molecule has 0 aliphatic heterocycles. The number of nitrogens with one attached hydrogen (secondary N) is 1. The molecule has 0 aromatic rings. The first kappa shape index (κ1) is 18.7. The van der Waals surface area contributed by atoms with E-state index in [1.165, 1.54) is 25.7 Å². The van der Waals surface area contributed by atoms with E-state index in [4.69, 9.17) is 0 Å². The highest BCUT2D eigenvalue weighted by Gasteiger charge is 1.71. The van der Waals surface area contributed by atoms with Crippen LogP contribution in [0.15, 0.2) is 0 Å². The Balaban J connectivity index is -0.000000131. The number of rotatable bonds is 5. The van der Waals surface area contributed by atoms with Crippen molar-refractivity contribution in [1.29, 1.82) is 0 Å². The highest BCUT2D eigenvalue weighted by molar-refractivity contribution is 4.35. The topological polar surface area (TPSA) is 12.0 Å². The fourth-order valence-electron chi connectivity index (χ4n) is 0.707. The Morgan fingerprint density at radius 1 is 0.769 bits per heavy atom. The van der Waals surface area contributed by atoms with Gasteiger partial charge in [0.25, 0.3) is 0 Å². The van der Waals surface area contributed by atoms with Crippen LogP contribution in [0.3, 0.4) is 0 Å². The number of hydrogen-bond acceptors (Lipinski definition) is 1. The van der Waals surface area contributed by atoms with Gasteiger partial charge in [0.2, 0.25) is 0 Å². The van der Waals surface area contributed by atoms with Gasteiger partial charge in [0.1, 0.15) is 0 Å². The molecule has 0 saturated heterocycles. The lowest BCUT2D eigenvalue weighted by atomic mass is 10.3. The first-order valence-electron chi connectivity index (χ1n) is 6.04. The van der Waals surface area contributed by atoms with Crippen LogP contribution in [-0.2, 0) is 0 Å². The Bertz CT molecular complexity index is 38.4. The van der Waals surface area contributed by atoms with E-state index in [2.05, 4.69) is 33.0 Å². The molecule has 0 heterocycles. The molecule has 0 aromatic heterocycles. The van der Waals surface area contributed by atoms with Crippen molar-refractivity contribution in [2.24, 2.45) is 0 Å². The van der Waals surface area contributed by atoms with Crippen molar-refractivity contribution in [1.82, 2.24) is 5.32 Å². The van der Waals surface area contributed by atoms with Gasteiger partial charge in [-0.05, 0) is 19.5 Å². The summed E-state index contributed by atoms with van der Waals surface area (Å²) in [5.41, 5.74) is 0. The van der Waals surface area contributed by atoms with Crippen LogP contribution in [0.25, 0.3) is 0 Å². The van der Waals surface area contributed by atoms with Crippen molar-refractivity contribution in [2.45, 2.75) is 67.2 Å². The van der Waals surface area contributed by atoms with Gasteiger partial charge in [-0.2, -0.15) is 0 Å². The SMILES string of the molecule is CC.CCCCC.CCCNCC. The minimum atomic E-state index is 1.10. The summed E-state index contributed by atoms with van der Waals surface area (Å²) in [6, 6.07) is 0. The summed E-state index contributed by atoms with van der Waals surface area (Å²) in [6.45, 7) is 15.0. The summed E-state index contributed by atoms with van der Waals surface area (Å²) in [4.78, 5) is 0. The minimum Gasteiger partial charge on any atom is -0.317 e. The summed E-state index contributed by atoms with van der Waals surface area (Å²) in [7, 11) is 0. The molecule has 0 unspecified atom stereocenters. The largest absolute Gasteiger partial charge is 0.317 e. The predicted octanol–water partition coefficient (Wildman–Crippen LogP) is 4.23. The van der Waals surface area contributed by atoms with Gasteiger partial charge in [-0.25, -0.2) is 0 Å². The minimum absolute atomic E-state index is 1.10. The van der Waals surface area contributed by atoms with E-state index in [1.807, 2.05) is 13.8 Å². The maximum atomic E-state index is 3.20. The van der Waals surface area contributed by atoms with E-state index in [9.17, 15) is 0 Å². The maximum absolute atomic E-state index is 3.20. The quantitative estimate of drug-likeness (QED) is 0.638. The van der Waals surface area contributed by atoms with Crippen LogP contribution in [0.4, 0.5) is 0 Å². The number of hydrogen-bond donors (Lipinski definition) is 1. The molecule has 0 saturated carbocycles. The lowest BCUT2D eigenvalue weighted by Crippen LogP contribution is -2.12. The molecule has 0 aliphatic rings. The van der Waals surface area contributed by atoms with Gasteiger partial charge in [-0.1, -0.05) is 60.8 Å². The molecule has 84 valence electrons. The highest BCUT2D eigenvalue weighted by Crippen LogP contribution is 1.88. The standard InChI is InChI=1S/C5H13N.C5H12.C2H6/c1-3-5-6-4-2;1-3-5-4-2;1-2/h6H,3-5H2,1-2H3;3-5H2,1-2H3;1-2H3. The van der Waals surface area contributed by atoms with Crippen LogP contribution >= 0.6 is 0 Å². The molecule has 0 bridgehead atoms. The second kappa shape index (κ2) is 29.7. The summed E-state index contributed by atoms with van der Waals surface area (Å²) in [6.07, 6.45) is 5.32. The van der Waals surface area contributed by atoms with Gasteiger partial charge in [-0.15, -0.1) is 0 Å². The van der Waals surface area contributed by atoms with Gasteiger partial charge < -0.3 is 5.32 Å². The van der Waals surface area contributed by atoms with E-state index in [0.29, 0.717) is 0 Å². The smallest absolute Gasteiger partial charge is 0.00517 e. The maximum Gasteiger partial charge on any atom is -0.00517 e. The Labute approximate surface area is 86.3 Å². The third-order valence-electron chi connectivity index (χ3n) is 1.38. The zero-order valence-corrected chi connectivity index (χ0v) is 10.7. The van der Waals surface area contributed by atoms with Crippen molar-refractivity contribution in [3.05, 3.63) is 0 Å². The van der Waals surface area contributed by atoms with E-state index in [0.717, 1.165) is 13.1 Å². The molecule has 0 aliphatic carbocycles. The van der Waals surface area contributed by atoms with E-state index < -0.39 is 0 Å². The molecular formula is C12H31N. The highest BCUT2D eigenvalue weighted by atomic mass is 14.8. The van der Waals surface area contributed by atoms with Gasteiger partial charge in [0.15, 0.2) is 0 Å². The van der Waals surface area contributed by atoms with Crippen molar-refractivity contribution in [2.75, 3.05) is 13.1 Å². The van der Waals surface area contributed by atoms with Gasteiger partial charge >= 0.3 is 0 Å². The summed E-state index contributed by atoms with van der Waals surface area (Å²) < 4.78 is 0. The fourth-order valence-corrected chi connectivity index (χ4v) is 0.707. The molecule has 0 atom stereocenters. The van der Waals surface area contributed by atoms with Crippen molar-refractivity contribution in [3.63, 3.8) is 0 Å². The first-order chi connectivity index (χ1) is 6.33. The van der Waals surface area contributed by atoms with E-state index >= 15 is 0 Å². The van der Waals surface area contributed by atoms with Crippen molar-refractivity contribution >= 4 is 0 Å². The van der Waals surface area contributed by atoms with E-state index in [-0.39, 0.29) is 0 Å². The Kier molecular flexibility index (Phi) is 42.6. The zero-order chi connectivity index (χ0) is 10.9. The molecule has 1 heteroatoms. The van der Waals surface area contributed by atoms with Gasteiger partial charge in [-0.3, -0.25) is 0 Å². The van der Waals surface area contributed by atoms with Crippen LogP contribution in [0, 0.1) is 0 Å². The summed E-state index contributed by atoms with van der Waals surface area (Å²) in [5.74, 6) is 0. The Hall–Kier alpha value is -0.0400. The average Bonchev–Trinajstić information content (AvgIpc) is 2.20. The average molecular weight is 189 g/mol. The van der Waals surface area contributed by atoms with Crippen molar-refractivity contribution < 1.29 is 0 Å². The van der Waals surface area contributed by atoms with Crippen LogP contribution < -0.4 is 5.32 Å². The second-order valence-corrected chi connectivity index (χ2v) is 2.71. The van der Waals surface area contributed by atoms with Crippen LogP contribution in [0.1, 0.15) is 67.2 Å². The predicted molar refractivity (Wildman–Crippen MR) is 65.4 cm³/mol. The second-order valence-electron chi connectivity index (χ2n) is 2.71. The third kappa shape index (κ3) is 48.2. The molecule has 1 N–H and O–H groups in total. The van der Waals surface area contributed by atoms with Crippen LogP contribution in [0.2, 0.25) is 0 Å². The summed E-state index contributed by atoms with van der Waals surface area (Å²) in [5, 5.41) is 3.20. The zero-order valence-electron chi connectivity index (χ0n) is 10.7. The molecular weight excluding hydrogens is 158 g/mol. The third-order valence-corrected chi connectivity index (χ3v) is 1.38. The van der Waals surface area contributed by atoms with Gasteiger partial charge in [0, 0.05) is 0 Å². The van der Waals surface area contributed by atoms with E-state index in [1.54, 1.807) is 0 Å². The molecule has 0 rings (SSSR count). The lowest BCUT2D eigenvalue weighted by molar-refractivity contribution is 0.703. The first-order valence-corrected chi connectivity index (χ1v) is 6.04. The molecule has 0 amide bonds. The number of unbranched alkanes of at least 4 members (excludes halogenated alkanes) is 2. The monoisotopic (exact) mass is 189 g/mol. The van der Waals surface area contributed by atoms with Gasteiger partial charge in [0.05, 0.1) is 0 Å². The molecule has 0 aromatic carbocycles. The molecule has 0 radical (unpaired) electrons. The lowest BCUT2D eigenvalue weighted by Gasteiger charge is -1.91. The molecule has 1 nitrogen and oxygen atoms in total. The van der Waals surface area contributed by atoms with Crippen LogP contribution in [-0.4, -0.2) is 13.1 Å². The Morgan fingerprint density at radius 3 is 1.31 bits per heavy atom. The summed E-state index contributed by atoms with van der Waals surface area (Å²) >= 11 is 0. The fraction of sp³-hybridized carbons (Fsp3) is 1.00.